The Kier molecular flexibility index (Phi) is 5.15. The van der Waals surface area contributed by atoms with Crippen molar-refractivity contribution in [3.63, 3.8) is 0 Å². The number of phenolic OH excluding ortho intramolecular Hbond substituents is 1. The normalized spacial score (nSPS) is 15.2. The maximum absolute atomic E-state index is 13.0. The number of hydrogen-bond donors (Lipinski definition) is 2. The van der Waals surface area contributed by atoms with Gasteiger partial charge in [0.25, 0.3) is 5.91 Å². The summed E-state index contributed by atoms with van der Waals surface area (Å²) in [6.07, 6.45) is 1.60. The van der Waals surface area contributed by atoms with Crippen molar-refractivity contribution in [2.45, 2.75) is 0 Å². The van der Waals surface area contributed by atoms with Crippen molar-refractivity contribution in [1.29, 1.82) is 0 Å². The number of ether oxygens (including phenoxy) is 1. The molecule has 7 nitrogen and oxygen atoms in total. The van der Waals surface area contributed by atoms with E-state index < -0.39 is 11.9 Å². The van der Waals surface area contributed by atoms with Crippen LogP contribution in [0.25, 0.3) is 17.0 Å². The summed E-state index contributed by atoms with van der Waals surface area (Å²) >= 11 is 6.36. The molecule has 1 fully saturated rings. The molecule has 3 aromatic rings. The molecule has 0 radical (unpaired) electrons. The van der Waals surface area contributed by atoms with Crippen LogP contribution >= 0.6 is 24.0 Å². The van der Waals surface area contributed by atoms with Gasteiger partial charge in [0.1, 0.15) is 17.0 Å². The van der Waals surface area contributed by atoms with Crippen molar-refractivity contribution >= 4 is 62.8 Å². The fraction of sp³-hybridized carbons (Fsp3) is 0.0476. The topological polar surface area (TPSA) is 100.0 Å². The van der Waals surface area contributed by atoms with Crippen LogP contribution in [0, 0.1) is 0 Å². The van der Waals surface area contributed by atoms with E-state index >= 15 is 0 Å². The highest BCUT2D eigenvalue weighted by Gasteiger charge is 2.35. The number of thioether (sulfide) groups is 1. The highest BCUT2D eigenvalue weighted by molar-refractivity contribution is 8.27. The first-order valence-corrected chi connectivity index (χ1v) is 9.89. The Labute approximate surface area is 180 Å². The third kappa shape index (κ3) is 3.49. The van der Waals surface area contributed by atoms with E-state index in [1.807, 2.05) is 18.2 Å². The molecule has 1 amide bonds. The average Bonchev–Trinajstić information content (AvgIpc) is 3.00. The van der Waals surface area contributed by atoms with Crippen LogP contribution in [0.4, 0.5) is 5.69 Å². The second-order valence-corrected chi connectivity index (χ2v) is 7.97. The molecule has 9 heteroatoms. The smallest absolute Gasteiger partial charge is 0.335 e. The summed E-state index contributed by atoms with van der Waals surface area (Å²) < 4.78 is 5.53. The minimum atomic E-state index is -1.17. The number of aromatic hydroxyl groups is 1. The Balaban J connectivity index is 1.73. The largest absolute Gasteiger partial charge is 0.506 e. The van der Waals surface area contributed by atoms with Crippen LogP contribution in [0.3, 0.4) is 0 Å². The number of benzene rings is 2. The van der Waals surface area contributed by atoms with E-state index in [1.54, 1.807) is 25.3 Å². The number of hydrogen-bond acceptors (Lipinski definition) is 7. The lowest BCUT2D eigenvalue weighted by molar-refractivity contribution is -0.113. The van der Waals surface area contributed by atoms with Gasteiger partial charge in [-0.05, 0) is 36.4 Å². The van der Waals surface area contributed by atoms with E-state index in [1.165, 1.54) is 18.2 Å². The van der Waals surface area contributed by atoms with Gasteiger partial charge in [-0.25, -0.2) is 9.78 Å². The molecule has 150 valence electrons. The molecule has 2 N–H and O–H groups in total. The standard InChI is InChI=1S/C21H14N2O5S2/c1-28-16-4-2-3-11-5-7-13(22-18(11)16)10-17-19(25)23(21(29)30-17)14-9-12(20(26)27)6-8-15(14)24/h2-10,24H,1H3,(H,26,27)/b17-10+. The van der Waals surface area contributed by atoms with E-state index in [0.717, 1.165) is 22.0 Å². The van der Waals surface area contributed by atoms with Gasteiger partial charge in [0.05, 0.1) is 29.0 Å². The number of aromatic carboxylic acids is 1. The number of methoxy groups -OCH3 is 1. The fourth-order valence-corrected chi connectivity index (χ4v) is 4.29. The van der Waals surface area contributed by atoms with Crippen molar-refractivity contribution < 1.29 is 24.5 Å². The van der Waals surface area contributed by atoms with E-state index in [0.29, 0.717) is 21.9 Å². The second-order valence-electron chi connectivity index (χ2n) is 6.29. The number of aromatic nitrogens is 1. The van der Waals surface area contributed by atoms with Crippen LogP contribution in [0.2, 0.25) is 0 Å². The van der Waals surface area contributed by atoms with Crippen molar-refractivity contribution in [2.24, 2.45) is 0 Å². The van der Waals surface area contributed by atoms with E-state index in [4.69, 9.17) is 17.0 Å². The van der Waals surface area contributed by atoms with Crippen molar-refractivity contribution in [3.8, 4) is 11.5 Å². The van der Waals surface area contributed by atoms with Crippen molar-refractivity contribution in [1.82, 2.24) is 4.98 Å². The highest BCUT2D eigenvalue weighted by Crippen LogP contribution is 2.40. The van der Waals surface area contributed by atoms with Crippen molar-refractivity contribution in [2.75, 3.05) is 12.0 Å². The van der Waals surface area contributed by atoms with Crippen LogP contribution in [-0.2, 0) is 4.79 Å². The minimum absolute atomic E-state index is 0.0222. The molecule has 0 aliphatic carbocycles. The Morgan fingerprint density at radius 3 is 2.77 bits per heavy atom. The first kappa shape index (κ1) is 19.9. The lowest BCUT2D eigenvalue weighted by Crippen LogP contribution is -2.27. The highest BCUT2D eigenvalue weighted by atomic mass is 32.2. The van der Waals surface area contributed by atoms with Crippen molar-refractivity contribution in [3.05, 3.63) is 64.7 Å². The van der Waals surface area contributed by atoms with Gasteiger partial charge >= 0.3 is 5.97 Å². The number of carbonyl (C=O) groups is 2. The molecule has 0 unspecified atom stereocenters. The Hall–Kier alpha value is -3.43. The molecule has 2 heterocycles. The SMILES string of the molecule is COc1cccc2ccc(/C=C3/SC(=S)N(c4cc(C(=O)O)ccc4O)C3=O)nc12. The van der Waals surface area contributed by atoms with Gasteiger partial charge in [0.2, 0.25) is 0 Å². The van der Waals surface area contributed by atoms with Crippen LogP contribution in [0.15, 0.2) is 53.4 Å². The Morgan fingerprint density at radius 2 is 2.03 bits per heavy atom. The van der Waals surface area contributed by atoms with Gasteiger partial charge in [-0.15, -0.1) is 0 Å². The molecule has 1 aliphatic rings. The summed E-state index contributed by atoms with van der Waals surface area (Å²) in [6.45, 7) is 0. The molecule has 0 spiro atoms. The van der Waals surface area contributed by atoms with Crippen LogP contribution in [-0.4, -0.2) is 38.5 Å². The molecule has 1 aromatic heterocycles. The van der Waals surface area contributed by atoms with Gasteiger partial charge in [-0.2, -0.15) is 0 Å². The number of pyridine rings is 1. The number of thiocarbonyl (C=S) groups is 1. The number of fused-ring (bicyclic) bond motifs is 1. The zero-order valence-corrected chi connectivity index (χ0v) is 17.2. The monoisotopic (exact) mass is 438 g/mol. The number of carbonyl (C=O) groups excluding carboxylic acids is 1. The van der Waals surface area contributed by atoms with Gasteiger partial charge in [0, 0.05) is 5.39 Å². The Bertz CT molecular complexity index is 1260. The number of para-hydroxylation sites is 1. The molecule has 1 saturated heterocycles. The van der Waals surface area contributed by atoms with E-state index in [2.05, 4.69) is 4.98 Å². The molecule has 1 aliphatic heterocycles. The predicted octanol–water partition coefficient (Wildman–Crippen LogP) is 4.05. The maximum atomic E-state index is 13.0. The number of phenols is 1. The first-order chi connectivity index (χ1) is 14.4. The summed E-state index contributed by atoms with van der Waals surface area (Å²) in [4.78, 5) is 30.2. The number of anilines is 1. The Morgan fingerprint density at radius 1 is 1.23 bits per heavy atom. The lowest BCUT2D eigenvalue weighted by Gasteiger charge is -2.16. The lowest BCUT2D eigenvalue weighted by atomic mass is 10.1. The quantitative estimate of drug-likeness (QED) is 0.465. The van der Waals surface area contributed by atoms with Crippen LogP contribution in [0.1, 0.15) is 16.1 Å². The zero-order valence-electron chi connectivity index (χ0n) is 15.5. The molecule has 30 heavy (non-hydrogen) atoms. The average molecular weight is 438 g/mol. The molecule has 0 bridgehead atoms. The predicted molar refractivity (Wildman–Crippen MR) is 119 cm³/mol. The third-order valence-corrected chi connectivity index (χ3v) is 5.76. The molecular weight excluding hydrogens is 424 g/mol. The van der Waals surface area contributed by atoms with E-state index in [-0.39, 0.29) is 21.3 Å². The summed E-state index contributed by atoms with van der Waals surface area (Å²) in [7, 11) is 1.56. The maximum Gasteiger partial charge on any atom is 0.335 e. The van der Waals surface area contributed by atoms with Crippen LogP contribution in [0.5, 0.6) is 11.5 Å². The minimum Gasteiger partial charge on any atom is -0.506 e. The van der Waals surface area contributed by atoms with Crippen LogP contribution < -0.4 is 9.64 Å². The number of amides is 1. The zero-order chi connectivity index (χ0) is 21.4. The number of rotatable bonds is 4. The number of carboxylic acids is 1. The van der Waals surface area contributed by atoms with Gasteiger partial charge in [-0.1, -0.05) is 42.2 Å². The van der Waals surface area contributed by atoms with Gasteiger partial charge in [0.15, 0.2) is 4.32 Å². The number of nitrogens with zero attached hydrogens (tertiary/aromatic N) is 2. The van der Waals surface area contributed by atoms with Gasteiger partial charge < -0.3 is 14.9 Å². The second kappa shape index (κ2) is 7.77. The molecule has 2 aromatic carbocycles. The summed E-state index contributed by atoms with van der Waals surface area (Å²) in [6, 6.07) is 12.9. The molecule has 0 atom stereocenters. The molecule has 0 saturated carbocycles. The summed E-state index contributed by atoms with van der Waals surface area (Å²) in [5, 5.41) is 20.3. The summed E-state index contributed by atoms with van der Waals surface area (Å²) in [5.74, 6) is -1.27. The van der Waals surface area contributed by atoms with Gasteiger partial charge in [-0.3, -0.25) is 9.69 Å². The fourth-order valence-electron chi connectivity index (χ4n) is 3.03. The molecule has 4 rings (SSSR count). The van der Waals surface area contributed by atoms with E-state index in [9.17, 15) is 19.8 Å². The number of carboxylic acid groups (broad SMARTS) is 1. The third-order valence-electron chi connectivity index (χ3n) is 4.46. The molecular formula is C21H14N2O5S2. The first-order valence-electron chi connectivity index (χ1n) is 8.67. The summed E-state index contributed by atoms with van der Waals surface area (Å²) in [5.41, 5.74) is 1.16.